The summed E-state index contributed by atoms with van der Waals surface area (Å²) < 4.78 is 20.5. The summed E-state index contributed by atoms with van der Waals surface area (Å²) in [5.41, 5.74) is 0. The smallest absolute Gasteiger partial charge is 0.104 e. The molecular weight excluding hydrogens is 188 g/mol. The van der Waals surface area contributed by atoms with E-state index in [1.165, 1.54) is 0 Å². The van der Waals surface area contributed by atoms with Gasteiger partial charge in [-0.1, -0.05) is 0 Å². The first-order valence-electron chi connectivity index (χ1n) is 4.34. The van der Waals surface area contributed by atoms with Gasteiger partial charge in [0.2, 0.25) is 0 Å². The molecule has 5 heteroatoms. The molecular formula is C8H18O4Si. The van der Waals surface area contributed by atoms with Gasteiger partial charge in [-0.2, -0.15) is 0 Å². The van der Waals surface area contributed by atoms with Crippen molar-refractivity contribution in [3.63, 3.8) is 0 Å². The zero-order chi connectivity index (χ0) is 8.23. The number of rotatable bonds is 7. The van der Waals surface area contributed by atoms with Gasteiger partial charge in [0, 0.05) is 0 Å². The van der Waals surface area contributed by atoms with Gasteiger partial charge in [0.25, 0.3) is 0 Å². The minimum absolute atomic E-state index is 0. The van der Waals surface area contributed by atoms with E-state index in [1.54, 1.807) is 0 Å². The van der Waals surface area contributed by atoms with E-state index in [9.17, 15) is 0 Å². The van der Waals surface area contributed by atoms with Crippen molar-refractivity contribution >= 4 is 11.0 Å². The molecule has 2 unspecified atom stereocenters. The summed E-state index contributed by atoms with van der Waals surface area (Å²) in [6, 6.07) is 0. The quantitative estimate of drug-likeness (QED) is 0.285. The van der Waals surface area contributed by atoms with Crippen LogP contribution in [0.25, 0.3) is 0 Å². The van der Waals surface area contributed by atoms with E-state index in [2.05, 4.69) is 0 Å². The van der Waals surface area contributed by atoms with Crippen LogP contribution in [0.1, 0.15) is 0 Å². The third kappa shape index (κ3) is 5.38. The summed E-state index contributed by atoms with van der Waals surface area (Å²) in [7, 11) is 0. The predicted octanol–water partition coefficient (Wildman–Crippen LogP) is -1.63. The van der Waals surface area contributed by atoms with Crippen molar-refractivity contribution in [2.45, 2.75) is 12.2 Å². The van der Waals surface area contributed by atoms with E-state index in [1.807, 2.05) is 0 Å². The summed E-state index contributed by atoms with van der Waals surface area (Å²) in [6.07, 6.45) is 0.716. The SMILES string of the molecule is C(COCC1CO1)OCC1CO1.[SiH4]. The molecule has 0 N–H and O–H groups in total. The van der Waals surface area contributed by atoms with Crippen molar-refractivity contribution in [1.29, 1.82) is 0 Å². The van der Waals surface area contributed by atoms with E-state index in [0.717, 1.165) is 13.2 Å². The van der Waals surface area contributed by atoms with Gasteiger partial charge in [-0.15, -0.1) is 0 Å². The van der Waals surface area contributed by atoms with E-state index >= 15 is 0 Å². The molecule has 0 aromatic heterocycles. The lowest BCUT2D eigenvalue weighted by molar-refractivity contribution is 0.0366. The Balaban J connectivity index is 0.000000845. The summed E-state index contributed by atoms with van der Waals surface area (Å²) in [5.74, 6) is 0. The Morgan fingerprint density at radius 1 is 0.923 bits per heavy atom. The maximum absolute atomic E-state index is 5.27. The lowest BCUT2D eigenvalue weighted by Gasteiger charge is -2.02. The van der Waals surface area contributed by atoms with E-state index in [0.29, 0.717) is 38.6 Å². The summed E-state index contributed by atoms with van der Waals surface area (Å²) in [4.78, 5) is 0. The Bertz CT molecular complexity index is 120. The summed E-state index contributed by atoms with van der Waals surface area (Å²) in [5, 5.41) is 0. The van der Waals surface area contributed by atoms with Crippen LogP contribution in [0.15, 0.2) is 0 Å². The van der Waals surface area contributed by atoms with Gasteiger partial charge >= 0.3 is 0 Å². The van der Waals surface area contributed by atoms with Crippen molar-refractivity contribution in [3.8, 4) is 0 Å². The fourth-order valence-corrected chi connectivity index (χ4v) is 0.876. The second kappa shape index (κ2) is 5.72. The van der Waals surface area contributed by atoms with Gasteiger partial charge in [-0.05, 0) is 11.0 Å². The molecule has 2 aliphatic heterocycles. The summed E-state index contributed by atoms with van der Waals surface area (Å²) >= 11 is 0. The average Bonchev–Trinajstić information content (AvgIpc) is 2.89. The van der Waals surface area contributed by atoms with E-state index < -0.39 is 0 Å². The van der Waals surface area contributed by atoms with Crippen LogP contribution in [0.2, 0.25) is 0 Å². The van der Waals surface area contributed by atoms with Crippen LogP contribution in [0.4, 0.5) is 0 Å². The molecule has 0 bridgehead atoms. The predicted molar refractivity (Wildman–Crippen MR) is 52.5 cm³/mol. The van der Waals surface area contributed by atoms with Crippen LogP contribution < -0.4 is 0 Å². The van der Waals surface area contributed by atoms with Crippen molar-refractivity contribution in [2.24, 2.45) is 0 Å². The van der Waals surface area contributed by atoms with Gasteiger partial charge in [-0.25, -0.2) is 0 Å². The normalized spacial score (nSPS) is 29.5. The maximum atomic E-state index is 5.27. The lowest BCUT2D eigenvalue weighted by Crippen LogP contribution is -2.10. The number of epoxide rings is 2. The third-order valence-electron chi connectivity index (χ3n) is 1.78. The molecule has 0 amide bonds. The van der Waals surface area contributed by atoms with Crippen molar-refractivity contribution < 1.29 is 18.9 Å². The number of hydrogen-bond acceptors (Lipinski definition) is 4. The number of ether oxygens (including phenoxy) is 4. The Hall–Kier alpha value is 0.0569. The maximum Gasteiger partial charge on any atom is 0.104 e. The fraction of sp³-hybridized carbons (Fsp3) is 1.00. The molecule has 2 rings (SSSR count). The first-order valence-corrected chi connectivity index (χ1v) is 4.34. The molecule has 2 fully saturated rings. The fourth-order valence-electron chi connectivity index (χ4n) is 0.876. The first-order chi connectivity index (χ1) is 5.95. The second-order valence-corrected chi connectivity index (χ2v) is 3.06. The van der Waals surface area contributed by atoms with Gasteiger partial charge in [0.1, 0.15) is 12.2 Å². The molecule has 2 saturated heterocycles. The van der Waals surface area contributed by atoms with E-state index in [-0.39, 0.29) is 11.0 Å². The molecule has 2 heterocycles. The third-order valence-corrected chi connectivity index (χ3v) is 1.78. The molecule has 2 atom stereocenters. The Morgan fingerprint density at radius 3 is 1.62 bits per heavy atom. The number of hydrogen-bond donors (Lipinski definition) is 0. The zero-order valence-electron chi connectivity index (χ0n) is 7.03. The Labute approximate surface area is 82.5 Å². The first kappa shape index (κ1) is 11.1. The Morgan fingerprint density at radius 2 is 1.31 bits per heavy atom. The molecule has 0 aromatic carbocycles. The monoisotopic (exact) mass is 206 g/mol. The largest absolute Gasteiger partial charge is 0.376 e. The highest BCUT2D eigenvalue weighted by Gasteiger charge is 2.23. The second-order valence-electron chi connectivity index (χ2n) is 3.06. The summed E-state index contributed by atoms with van der Waals surface area (Å²) in [6.45, 7) is 4.46. The van der Waals surface area contributed by atoms with Crippen LogP contribution >= 0.6 is 0 Å². The Kier molecular flexibility index (Phi) is 4.90. The van der Waals surface area contributed by atoms with Gasteiger partial charge in [0.05, 0.1) is 39.6 Å². The molecule has 78 valence electrons. The van der Waals surface area contributed by atoms with Gasteiger partial charge in [0.15, 0.2) is 0 Å². The highest BCUT2D eigenvalue weighted by atomic mass is 28.1. The van der Waals surface area contributed by atoms with Crippen LogP contribution in [0.5, 0.6) is 0 Å². The minimum atomic E-state index is 0. The molecule has 13 heavy (non-hydrogen) atoms. The van der Waals surface area contributed by atoms with Crippen LogP contribution in [-0.4, -0.2) is 62.8 Å². The van der Waals surface area contributed by atoms with Crippen molar-refractivity contribution in [3.05, 3.63) is 0 Å². The molecule has 0 aromatic rings. The highest BCUT2D eigenvalue weighted by molar-refractivity contribution is 5.75. The van der Waals surface area contributed by atoms with E-state index in [4.69, 9.17) is 18.9 Å². The molecule has 2 aliphatic rings. The molecule has 0 aliphatic carbocycles. The average molecular weight is 206 g/mol. The molecule has 0 spiro atoms. The van der Waals surface area contributed by atoms with Crippen molar-refractivity contribution in [2.75, 3.05) is 39.6 Å². The minimum Gasteiger partial charge on any atom is -0.376 e. The van der Waals surface area contributed by atoms with Crippen LogP contribution in [0, 0.1) is 0 Å². The van der Waals surface area contributed by atoms with Gasteiger partial charge in [-0.3, -0.25) is 0 Å². The van der Waals surface area contributed by atoms with Crippen LogP contribution in [0.3, 0.4) is 0 Å². The standard InChI is InChI=1S/C8H14O4.H4Si/c1(9-3-7-5-11-7)2-10-4-8-6-12-8;/h7-8H,1-6H2;1H4. The molecule has 0 radical (unpaired) electrons. The lowest BCUT2D eigenvalue weighted by atomic mass is 10.5. The van der Waals surface area contributed by atoms with Gasteiger partial charge < -0.3 is 18.9 Å². The van der Waals surface area contributed by atoms with Crippen molar-refractivity contribution in [1.82, 2.24) is 0 Å². The molecule has 0 saturated carbocycles. The molecule has 4 nitrogen and oxygen atoms in total. The topological polar surface area (TPSA) is 43.5 Å². The highest BCUT2D eigenvalue weighted by Crippen LogP contribution is 2.09. The van der Waals surface area contributed by atoms with Crippen LogP contribution in [-0.2, 0) is 18.9 Å². The zero-order valence-corrected chi connectivity index (χ0v) is 7.03.